The van der Waals surface area contributed by atoms with E-state index in [0.29, 0.717) is 5.92 Å². The number of nitrogens with zero attached hydrogens (tertiary/aromatic N) is 1. The van der Waals surface area contributed by atoms with Crippen molar-refractivity contribution in [3.63, 3.8) is 0 Å². The van der Waals surface area contributed by atoms with Crippen LogP contribution in [-0.4, -0.2) is 4.98 Å². The molecule has 0 radical (unpaired) electrons. The molecule has 0 fully saturated rings. The van der Waals surface area contributed by atoms with Gasteiger partial charge in [0.05, 0.1) is 11.9 Å². The van der Waals surface area contributed by atoms with Crippen molar-refractivity contribution in [1.29, 1.82) is 0 Å². The summed E-state index contributed by atoms with van der Waals surface area (Å²) in [7, 11) is 0. The Kier molecular flexibility index (Phi) is 2.91. The molecular weight excluding hydrogens is 196 g/mol. The van der Waals surface area contributed by atoms with E-state index in [1.54, 1.807) is 12.4 Å². The molecule has 0 atom stereocenters. The van der Waals surface area contributed by atoms with Gasteiger partial charge < -0.3 is 5.73 Å². The number of hydrogen-bond donors (Lipinski definition) is 1. The van der Waals surface area contributed by atoms with Gasteiger partial charge in [-0.3, -0.25) is 4.98 Å². The smallest absolute Gasteiger partial charge is 0.0580 e. The van der Waals surface area contributed by atoms with Gasteiger partial charge >= 0.3 is 0 Å². The van der Waals surface area contributed by atoms with Gasteiger partial charge in [0.2, 0.25) is 0 Å². The van der Waals surface area contributed by atoms with Gasteiger partial charge in [-0.05, 0) is 23.1 Å². The van der Waals surface area contributed by atoms with Gasteiger partial charge in [-0.2, -0.15) is 0 Å². The van der Waals surface area contributed by atoms with Crippen LogP contribution in [0.3, 0.4) is 0 Å². The number of benzene rings is 1. The Balaban J connectivity index is 2.39. The predicted octanol–water partition coefficient (Wildman–Crippen LogP) is 3.45. The van der Waals surface area contributed by atoms with Crippen molar-refractivity contribution >= 4 is 5.69 Å². The number of anilines is 1. The Morgan fingerprint density at radius 3 is 2.31 bits per heavy atom. The van der Waals surface area contributed by atoms with Crippen LogP contribution in [-0.2, 0) is 0 Å². The maximum Gasteiger partial charge on any atom is 0.0580 e. The van der Waals surface area contributed by atoms with Crippen LogP contribution in [0, 0.1) is 0 Å². The first-order valence-corrected chi connectivity index (χ1v) is 5.48. The van der Waals surface area contributed by atoms with Gasteiger partial charge in [-0.1, -0.05) is 38.1 Å². The van der Waals surface area contributed by atoms with Crippen molar-refractivity contribution in [2.75, 3.05) is 5.73 Å². The highest BCUT2D eigenvalue weighted by molar-refractivity contribution is 5.75. The summed E-state index contributed by atoms with van der Waals surface area (Å²) in [6, 6.07) is 10.5. The lowest BCUT2D eigenvalue weighted by Gasteiger charge is -2.08. The summed E-state index contributed by atoms with van der Waals surface area (Å²) in [5, 5.41) is 0. The molecule has 0 aliphatic carbocycles. The van der Waals surface area contributed by atoms with Crippen LogP contribution >= 0.6 is 0 Å². The maximum absolute atomic E-state index is 5.89. The largest absolute Gasteiger partial charge is 0.397 e. The summed E-state index contributed by atoms with van der Waals surface area (Å²) in [5.41, 5.74) is 10.1. The second kappa shape index (κ2) is 4.35. The highest BCUT2D eigenvalue weighted by Gasteiger charge is 2.03. The van der Waals surface area contributed by atoms with Crippen molar-refractivity contribution in [3.8, 4) is 11.1 Å². The Labute approximate surface area is 96.1 Å². The maximum atomic E-state index is 5.89. The quantitative estimate of drug-likeness (QED) is 0.828. The first-order valence-electron chi connectivity index (χ1n) is 5.48. The van der Waals surface area contributed by atoms with E-state index in [9.17, 15) is 0 Å². The number of hydrogen-bond acceptors (Lipinski definition) is 2. The normalized spacial score (nSPS) is 10.7. The number of aromatic nitrogens is 1. The van der Waals surface area contributed by atoms with Gasteiger partial charge in [-0.25, -0.2) is 0 Å². The molecule has 0 spiro atoms. The average molecular weight is 212 g/mol. The second-order valence-corrected chi connectivity index (χ2v) is 4.24. The first kappa shape index (κ1) is 10.7. The zero-order valence-electron chi connectivity index (χ0n) is 9.64. The second-order valence-electron chi connectivity index (χ2n) is 4.24. The van der Waals surface area contributed by atoms with Crippen LogP contribution in [0.15, 0.2) is 42.7 Å². The fraction of sp³-hybridized carbons (Fsp3) is 0.214. The highest BCUT2D eigenvalue weighted by atomic mass is 14.7. The molecule has 2 rings (SSSR count). The molecule has 2 N–H and O–H groups in total. The fourth-order valence-electron chi connectivity index (χ4n) is 1.72. The van der Waals surface area contributed by atoms with E-state index in [-0.39, 0.29) is 0 Å². The minimum absolute atomic E-state index is 0.559. The van der Waals surface area contributed by atoms with E-state index in [1.165, 1.54) is 5.56 Å². The van der Waals surface area contributed by atoms with Crippen LogP contribution in [0.4, 0.5) is 5.69 Å². The molecule has 0 aliphatic rings. The lowest BCUT2D eigenvalue weighted by atomic mass is 9.99. The van der Waals surface area contributed by atoms with Crippen molar-refractivity contribution in [1.82, 2.24) is 4.98 Å². The number of nitrogen functional groups attached to an aromatic ring is 1. The molecule has 2 heteroatoms. The topological polar surface area (TPSA) is 38.9 Å². The summed E-state index contributed by atoms with van der Waals surface area (Å²) in [6.07, 6.45) is 3.45. The minimum atomic E-state index is 0.559. The number of rotatable bonds is 2. The molecule has 1 aromatic carbocycles. The molecular formula is C14H16N2. The monoisotopic (exact) mass is 212 g/mol. The Bertz CT molecular complexity index is 472. The third-order valence-electron chi connectivity index (χ3n) is 2.74. The Morgan fingerprint density at radius 1 is 1.06 bits per heavy atom. The predicted molar refractivity (Wildman–Crippen MR) is 68.2 cm³/mol. The molecule has 1 aromatic heterocycles. The summed E-state index contributed by atoms with van der Waals surface area (Å²) in [4.78, 5) is 3.99. The highest BCUT2D eigenvalue weighted by Crippen LogP contribution is 2.26. The van der Waals surface area contributed by atoms with Crippen molar-refractivity contribution in [2.45, 2.75) is 19.8 Å². The molecule has 2 aromatic rings. The molecule has 2 nitrogen and oxygen atoms in total. The van der Waals surface area contributed by atoms with E-state index in [4.69, 9.17) is 5.73 Å². The number of pyridine rings is 1. The summed E-state index contributed by atoms with van der Waals surface area (Å²) in [5.74, 6) is 0.559. The van der Waals surface area contributed by atoms with E-state index in [0.717, 1.165) is 16.8 Å². The van der Waals surface area contributed by atoms with Gasteiger partial charge in [-0.15, -0.1) is 0 Å². The molecule has 0 saturated carbocycles. The van der Waals surface area contributed by atoms with E-state index in [2.05, 4.69) is 43.1 Å². The summed E-state index contributed by atoms with van der Waals surface area (Å²) >= 11 is 0. The molecule has 16 heavy (non-hydrogen) atoms. The Hall–Kier alpha value is -1.83. The lowest BCUT2D eigenvalue weighted by Crippen LogP contribution is -1.91. The van der Waals surface area contributed by atoms with Gasteiger partial charge in [0.25, 0.3) is 0 Å². The minimum Gasteiger partial charge on any atom is -0.397 e. The summed E-state index contributed by atoms with van der Waals surface area (Å²) in [6.45, 7) is 4.38. The third kappa shape index (κ3) is 2.06. The Morgan fingerprint density at radius 2 is 1.75 bits per heavy atom. The average Bonchev–Trinajstić information content (AvgIpc) is 2.30. The molecule has 1 heterocycles. The van der Waals surface area contributed by atoms with Crippen LogP contribution in [0.5, 0.6) is 0 Å². The first-order chi connectivity index (χ1) is 7.68. The molecule has 0 aliphatic heterocycles. The van der Waals surface area contributed by atoms with Crippen LogP contribution in [0.1, 0.15) is 25.3 Å². The molecule has 0 amide bonds. The van der Waals surface area contributed by atoms with Crippen molar-refractivity contribution in [3.05, 3.63) is 48.3 Å². The third-order valence-corrected chi connectivity index (χ3v) is 2.74. The molecule has 0 bridgehead atoms. The van der Waals surface area contributed by atoms with Gasteiger partial charge in [0.1, 0.15) is 0 Å². The fourth-order valence-corrected chi connectivity index (χ4v) is 1.72. The molecule has 0 saturated heterocycles. The van der Waals surface area contributed by atoms with E-state index < -0.39 is 0 Å². The van der Waals surface area contributed by atoms with Crippen LogP contribution in [0.2, 0.25) is 0 Å². The van der Waals surface area contributed by atoms with Crippen LogP contribution in [0.25, 0.3) is 11.1 Å². The van der Waals surface area contributed by atoms with Crippen molar-refractivity contribution in [2.24, 2.45) is 0 Å². The number of nitrogens with two attached hydrogens (primary N) is 1. The van der Waals surface area contributed by atoms with E-state index >= 15 is 0 Å². The SMILES string of the molecule is CC(C)c1ccc(-c2ccncc2N)cc1. The molecule has 82 valence electrons. The lowest BCUT2D eigenvalue weighted by molar-refractivity contribution is 0.867. The molecule has 0 unspecified atom stereocenters. The zero-order chi connectivity index (χ0) is 11.5. The van der Waals surface area contributed by atoms with Crippen molar-refractivity contribution < 1.29 is 0 Å². The van der Waals surface area contributed by atoms with Crippen LogP contribution < -0.4 is 5.73 Å². The zero-order valence-corrected chi connectivity index (χ0v) is 9.64. The van der Waals surface area contributed by atoms with E-state index in [1.807, 2.05) is 6.07 Å². The summed E-state index contributed by atoms with van der Waals surface area (Å²) < 4.78 is 0. The van der Waals surface area contributed by atoms with Gasteiger partial charge in [0, 0.05) is 11.8 Å². The van der Waals surface area contributed by atoms with Gasteiger partial charge in [0.15, 0.2) is 0 Å². The standard InChI is InChI=1S/C14H16N2/c1-10(2)11-3-5-12(6-4-11)13-7-8-16-9-14(13)15/h3-10H,15H2,1-2H3.